The molecule has 0 aromatic carbocycles. The standard InChI is InChI=1S/C7H10FNS.ClH/c1-5-2-3-7(10-5)6(9)4-8;/h2-3,6H,4,9H2,1H3;1H/t6-;/m1./s1. The first kappa shape index (κ1) is 10.9. The zero-order valence-electron chi connectivity index (χ0n) is 6.21. The first-order valence-corrected chi connectivity index (χ1v) is 3.93. The highest BCUT2D eigenvalue weighted by molar-refractivity contribution is 7.12. The van der Waals surface area contributed by atoms with Gasteiger partial charge in [-0.3, -0.25) is 0 Å². The first-order chi connectivity index (χ1) is 4.74. The Morgan fingerprint density at radius 3 is 2.64 bits per heavy atom. The molecule has 1 aromatic rings. The molecule has 0 bridgehead atoms. The second-order valence-electron chi connectivity index (χ2n) is 2.21. The van der Waals surface area contributed by atoms with Crippen molar-refractivity contribution in [2.24, 2.45) is 5.73 Å². The van der Waals surface area contributed by atoms with Crippen molar-refractivity contribution in [3.05, 3.63) is 21.9 Å². The highest BCUT2D eigenvalue weighted by Crippen LogP contribution is 2.20. The molecule has 1 nitrogen and oxygen atoms in total. The van der Waals surface area contributed by atoms with Gasteiger partial charge in [0.2, 0.25) is 0 Å². The van der Waals surface area contributed by atoms with Gasteiger partial charge in [0.05, 0.1) is 6.04 Å². The largest absolute Gasteiger partial charge is 0.321 e. The molecule has 0 fully saturated rings. The second-order valence-corrected chi connectivity index (χ2v) is 3.53. The number of hydrogen-bond donors (Lipinski definition) is 1. The van der Waals surface area contributed by atoms with E-state index < -0.39 is 12.7 Å². The predicted octanol–water partition coefficient (Wildman–Crippen LogP) is 2.45. The molecule has 0 saturated heterocycles. The van der Waals surface area contributed by atoms with Gasteiger partial charge in [0.1, 0.15) is 6.67 Å². The summed E-state index contributed by atoms with van der Waals surface area (Å²) < 4.78 is 12.0. The van der Waals surface area contributed by atoms with Crippen LogP contribution in [0.25, 0.3) is 0 Å². The van der Waals surface area contributed by atoms with Gasteiger partial charge in [-0.1, -0.05) is 0 Å². The zero-order chi connectivity index (χ0) is 7.56. The fraction of sp³-hybridized carbons (Fsp3) is 0.429. The monoisotopic (exact) mass is 195 g/mol. The molecule has 0 aliphatic heterocycles. The summed E-state index contributed by atoms with van der Waals surface area (Å²) in [4.78, 5) is 2.11. The molecule has 2 N–H and O–H groups in total. The first-order valence-electron chi connectivity index (χ1n) is 3.12. The van der Waals surface area contributed by atoms with Crippen LogP contribution in [-0.2, 0) is 0 Å². The predicted molar refractivity (Wildman–Crippen MR) is 49.2 cm³/mol. The van der Waals surface area contributed by atoms with Crippen molar-refractivity contribution in [2.45, 2.75) is 13.0 Å². The summed E-state index contributed by atoms with van der Waals surface area (Å²) in [5.74, 6) is 0. The Bertz CT molecular complexity index is 214. The molecule has 0 radical (unpaired) electrons. The SMILES string of the molecule is Cc1ccc([C@H](N)CF)s1.Cl. The van der Waals surface area contributed by atoms with Crippen molar-refractivity contribution < 1.29 is 4.39 Å². The van der Waals surface area contributed by atoms with Gasteiger partial charge in [-0.2, -0.15) is 0 Å². The highest BCUT2D eigenvalue weighted by atomic mass is 35.5. The quantitative estimate of drug-likeness (QED) is 0.771. The summed E-state index contributed by atoms with van der Waals surface area (Å²) in [6.45, 7) is 1.51. The lowest BCUT2D eigenvalue weighted by molar-refractivity contribution is 0.440. The fourth-order valence-corrected chi connectivity index (χ4v) is 1.59. The molecule has 1 heterocycles. The average molecular weight is 196 g/mol. The molecule has 0 spiro atoms. The summed E-state index contributed by atoms with van der Waals surface area (Å²) in [7, 11) is 0. The molecule has 11 heavy (non-hydrogen) atoms. The number of rotatable bonds is 2. The van der Waals surface area contributed by atoms with E-state index in [2.05, 4.69) is 0 Å². The number of alkyl halides is 1. The van der Waals surface area contributed by atoms with E-state index in [1.807, 2.05) is 19.1 Å². The van der Waals surface area contributed by atoms with Crippen molar-refractivity contribution in [2.75, 3.05) is 6.67 Å². The van der Waals surface area contributed by atoms with Crippen LogP contribution >= 0.6 is 23.7 Å². The van der Waals surface area contributed by atoms with Crippen LogP contribution in [0.3, 0.4) is 0 Å². The topological polar surface area (TPSA) is 26.0 Å². The number of aryl methyl sites for hydroxylation is 1. The molecule has 0 saturated carbocycles. The maximum atomic E-state index is 12.0. The van der Waals surface area contributed by atoms with Crippen LogP contribution in [0, 0.1) is 6.92 Å². The van der Waals surface area contributed by atoms with E-state index in [9.17, 15) is 4.39 Å². The number of nitrogens with two attached hydrogens (primary N) is 1. The third-order valence-electron chi connectivity index (χ3n) is 1.29. The van der Waals surface area contributed by atoms with Crippen LogP contribution in [0.15, 0.2) is 12.1 Å². The Kier molecular flexibility index (Phi) is 4.65. The third kappa shape index (κ3) is 2.77. The summed E-state index contributed by atoms with van der Waals surface area (Å²) >= 11 is 1.56. The molecule has 0 amide bonds. The lowest BCUT2D eigenvalue weighted by Crippen LogP contribution is -2.09. The van der Waals surface area contributed by atoms with Crippen molar-refractivity contribution in [1.82, 2.24) is 0 Å². The summed E-state index contributed by atoms with van der Waals surface area (Å²) in [6, 6.07) is 3.42. The summed E-state index contributed by atoms with van der Waals surface area (Å²) in [5, 5.41) is 0. The molecule has 0 aliphatic carbocycles. The minimum absolute atomic E-state index is 0. The molecule has 1 atom stereocenters. The molecule has 4 heteroatoms. The molecule has 1 rings (SSSR count). The number of thiophene rings is 1. The van der Waals surface area contributed by atoms with Gasteiger partial charge in [0, 0.05) is 9.75 Å². The number of hydrogen-bond acceptors (Lipinski definition) is 2. The number of halogens is 2. The van der Waals surface area contributed by atoms with E-state index in [0.717, 1.165) is 4.88 Å². The molecule has 0 unspecified atom stereocenters. The summed E-state index contributed by atoms with van der Waals surface area (Å²) in [6.07, 6.45) is 0. The molecular formula is C7H11ClFNS. The van der Waals surface area contributed by atoms with E-state index >= 15 is 0 Å². The van der Waals surface area contributed by atoms with Gasteiger partial charge < -0.3 is 5.73 Å². The van der Waals surface area contributed by atoms with Crippen molar-refractivity contribution in [3.63, 3.8) is 0 Å². The Morgan fingerprint density at radius 1 is 1.64 bits per heavy atom. The van der Waals surface area contributed by atoms with Crippen molar-refractivity contribution in [3.8, 4) is 0 Å². The van der Waals surface area contributed by atoms with Crippen LogP contribution in [0.4, 0.5) is 4.39 Å². The van der Waals surface area contributed by atoms with E-state index in [1.165, 1.54) is 4.88 Å². The van der Waals surface area contributed by atoms with Crippen LogP contribution in [-0.4, -0.2) is 6.67 Å². The maximum absolute atomic E-state index is 12.0. The lowest BCUT2D eigenvalue weighted by atomic mass is 10.3. The summed E-state index contributed by atoms with van der Waals surface area (Å²) in [5.41, 5.74) is 5.44. The maximum Gasteiger partial charge on any atom is 0.109 e. The van der Waals surface area contributed by atoms with Crippen molar-refractivity contribution >= 4 is 23.7 Å². The fourth-order valence-electron chi connectivity index (χ4n) is 0.729. The normalized spacial score (nSPS) is 12.3. The second kappa shape index (κ2) is 4.70. The Morgan fingerprint density at radius 2 is 2.27 bits per heavy atom. The van der Waals surface area contributed by atoms with Crippen LogP contribution in [0.2, 0.25) is 0 Å². The van der Waals surface area contributed by atoms with E-state index in [1.54, 1.807) is 11.3 Å². The van der Waals surface area contributed by atoms with Crippen LogP contribution in [0.1, 0.15) is 15.8 Å². The van der Waals surface area contributed by atoms with Gasteiger partial charge in [-0.25, -0.2) is 4.39 Å². The van der Waals surface area contributed by atoms with Gasteiger partial charge in [0.25, 0.3) is 0 Å². The molecular weight excluding hydrogens is 185 g/mol. The Balaban J connectivity index is 0.000001000. The smallest absolute Gasteiger partial charge is 0.109 e. The third-order valence-corrected chi connectivity index (χ3v) is 2.43. The van der Waals surface area contributed by atoms with Gasteiger partial charge in [-0.15, -0.1) is 23.7 Å². The van der Waals surface area contributed by atoms with Crippen molar-refractivity contribution in [1.29, 1.82) is 0 Å². The Labute approximate surface area is 75.8 Å². The molecule has 64 valence electrons. The van der Waals surface area contributed by atoms with E-state index in [0.29, 0.717) is 0 Å². The Hall–Kier alpha value is -0.120. The lowest BCUT2D eigenvalue weighted by Gasteiger charge is -2.00. The molecule has 1 aromatic heterocycles. The van der Waals surface area contributed by atoms with Gasteiger partial charge in [-0.05, 0) is 19.1 Å². The van der Waals surface area contributed by atoms with Crippen LogP contribution in [0.5, 0.6) is 0 Å². The van der Waals surface area contributed by atoms with Gasteiger partial charge >= 0.3 is 0 Å². The minimum atomic E-state index is -0.472. The van der Waals surface area contributed by atoms with E-state index in [-0.39, 0.29) is 12.4 Å². The minimum Gasteiger partial charge on any atom is -0.321 e. The average Bonchev–Trinajstić information content (AvgIpc) is 2.34. The van der Waals surface area contributed by atoms with E-state index in [4.69, 9.17) is 5.73 Å². The molecule has 0 aliphatic rings. The zero-order valence-corrected chi connectivity index (χ0v) is 7.84. The van der Waals surface area contributed by atoms with Crippen LogP contribution < -0.4 is 5.73 Å². The van der Waals surface area contributed by atoms with Gasteiger partial charge in [0.15, 0.2) is 0 Å². The highest BCUT2D eigenvalue weighted by Gasteiger charge is 2.05.